The lowest BCUT2D eigenvalue weighted by Crippen LogP contribution is -2.10. The van der Waals surface area contributed by atoms with Gasteiger partial charge in [0.2, 0.25) is 0 Å². The minimum Gasteiger partial charge on any atom is -0.447 e. The highest BCUT2D eigenvalue weighted by molar-refractivity contribution is 5.26. The van der Waals surface area contributed by atoms with Crippen LogP contribution >= 0.6 is 0 Å². The smallest absolute Gasteiger partial charge is 0.319 e. The summed E-state index contributed by atoms with van der Waals surface area (Å²) in [7, 11) is 0. The fourth-order valence-corrected chi connectivity index (χ4v) is 0.603. The van der Waals surface area contributed by atoms with E-state index in [1.54, 1.807) is 13.0 Å². The fourth-order valence-electron chi connectivity index (χ4n) is 0.603. The highest BCUT2D eigenvalue weighted by Crippen LogP contribution is 2.05. The summed E-state index contributed by atoms with van der Waals surface area (Å²) in [4.78, 5) is 7.63. The van der Waals surface area contributed by atoms with Gasteiger partial charge in [-0.2, -0.15) is 4.98 Å². The molecule has 1 aromatic rings. The average molecular weight is 163 g/mol. The highest BCUT2D eigenvalue weighted by atomic mass is 16.5. The van der Waals surface area contributed by atoms with E-state index in [1.807, 2.05) is 0 Å². The molecule has 0 saturated heterocycles. The third kappa shape index (κ3) is 2.13. The van der Waals surface area contributed by atoms with Gasteiger partial charge in [0.25, 0.3) is 0 Å². The summed E-state index contributed by atoms with van der Waals surface area (Å²) in [5, 5.41) is 0. The maximum absolute atomic E-state index is 5.39. The Hall–Kier alpha value is -1.76. The average Bonchev–Trinajstić information content (AvgIpc) is 2.04. The Morgan fingerprint density at radius 1 is 1.75 bits per heavy atom. The fraction of sp³-hybridized carbons (Fsp3) is 0.250. The number of nitrogens with two attached hydrogens (primary N) is 1. The first-order chi connectivity index (χ1) is 5.72. The molecule has 0 aromatic carbocycles. The lowest BCUT2D eigenvalue weighted by molar-refractivity contribution is 0.256. The maximum atomic E-state index is 5.39. The molecule has 1 aromatic heterocycles. The van der Waals surface area contributed by atoms with Crippen molar-refractivity contribution < 1.29 is 4.74 Å². The number of hydrogen-bond donors (Lipinski definition) is 1. The normalized spacial score (nSPS) is 11.7. The first-order valence-electron chi connectivity index (χ1n) is 3.43. The maximum Gasteiger partial charge on any atom is 0.319 e. The van der Waals surface area contributed by atoms with Crippen LogP contribution in [0.25, 0.3) is 0 Å². The number of hydrogen-bond acceptors (Lipinski definition) is 4. The van der Waals surface area contributed by atoms with Crippen molar-refractivity contribution in [2.75, 3.05) is 5.73 Å². The van der Waals surface area contributed by atoms with E-state index in [0.717, 1.165) is 0 Å². The Kier molecular flexibility index (Phi) is 2.49. The Balaban J connectivity index is 2.71. The summed E-state index contributed by atoms with van der Waals surface area (Å²) in [5.41, 5.74) is 5.39. The third-order valence-electron chi connectivity index (χ3n) is 1.17. The molecule has 1 heterocycles. The molecule has 0 aliphatic rings. The van der Waals surface area contributed by atoms with Crippen LogP contribution in [0.3, 0.4) is 0 Å². The molecule has 0 amide bonds. The molecule has 0 radical (unpaired) electrons. The second-order valence-electron chi connectivity index (χ2n) is 2.19. The van der Waals surface area contributed by atoms with Crippen LogP contribution in [0.1, 0.15) is 6.92 Å². The number of terminal acetylenes is 1. The molecule has 0 aliphatic heterocycles. The summed E-state index contributed by atoms with van der Waals surface area (Å²) < 4.78 is 5.11. The summed E-state index contributed by atoms with van der Waals surface area (Å²) in [5.74, 6) is 2.75. The van der Waals surface area contributed by atoms with Crippen LogP contribution in [0.5, 0.6) is 6.01 Å². The van der Waals surface area contributed by atoms with Crippen LogP contribution in [0.4, 0.5) is 5.82 Å². The molecule has 0 spiro atoms. The Morgan fingerprint density at radius 3 is 3.08 bits per heavy atom. The second-order valence-corrected chi connectivity index (χ2v) is 2.19. The number of nitrogens with zero attached hydrogens (tertiary/aromatic N) is 2. The molecule has 0 aliphatic carbocycles. The van der Waals surface area contributed by atoms with Crippen molar-refractivity contribution >= 4 is 5.82 Å². The molecule has 2 N–H and O–H groups in total. The molecule has 4 heteroatoms. The zero-order valence-corrected chi connectivity index (χ0v) is 6.69. The van der Waals surface area contributed by atoms with Crippen molar-refractivity contribution in [3.05, 3.63) is 12.3 Å². The van der Waals surface area contributed by atoms with Gasteiger partial charge in [0, 0.05) is 6.20 Å². The molecule has 1 unspecified atom stereocenters. The van der Waals surface area contributed by atoms with E-state index < -0.39 is 0 Å². The molecule has 62 valence electrons. The molecule has 0 fully saturated rings. The highest BCUT2D eigenvalue weighted by Gasteiger charge is 2.01. The van der Waals surface area contributed by atoms with Crippen LogP contribution in [0.15, 0.2) is 12.3 Å². The van der Waals surface area contributed by atoms with Gasteiger partial charge >= 0.3 is 6.01 Å². The first kappa shape index (κ1) is 8.34. The quantitative estimate of drug-likeness (QED) is 0.643. The summed E-state index contributed by atoms with van der Waals surface area (Å²) in [6.45, 7) is 1.73. The monoisotopic (exact) mass is 163 g/mol. The standard InChI is InChI=1S/C8H9N3O/c1-3-6(2)12-8-10-5-4-7(9)11-8/h1,4-6H,2H3,(H2,9,10,11). The number of aromatic nitrogens is 2. The molecule has 4 nitrogen and oxygen atoms in total. The van der Waals surface area contributed by atoms with E-state index in [4.69, 9.17) is 16.9 Å². The number of rotatable bonds is 2. The number of nitrogen functional groups attached to an aromatic ring is 1. The molecular weight excluding hydrogens is 154 g/mol. The van der Waals surface area contributed by atoms with E-state index in [9.17, 15) is 0 Å². The van der Waals surface area contributed by atoms with E-state index in [2.05, 4.69) is 15.9 Å². The van der Waals surface area contributed by atoms with Gasteiger partial charge in [-0.1, -0.05) is 5.92 Å². The van der Waals surface area contributed by atoms with E-state index in [0.29, 0.717) is 5.82 Å². The van der Waals surface area contributed by atoms with Crippen molar-refractivity contribution in [1.82, 2.24) is 9.97 Å². The SMILES string of the molecule is C#CC(C)Oc1nccc(N)n1. The minimum atomic E-state index is -0.341. The molecule has 1 atom stereocenters. The van der Waals surface area contributed by atoms with Gasteiger partial charge < -0.3 is 10.5 Å². The summed E-state index contributed by atoms with van der Waals surface area (Å²) in [6, 6.07) is 1.79. The number of anilines is 1. The Labute approximate surface area is 70.8 Å². The van der Waals surface area contributed by atoms with Gasteiger partial charge in [0.05, 0.1) is 0 Å². The van der Waals surface area contributed by atoms with Gasteiger partial charge in [0.15, 0.2) is 6.10 Å². The van der Waals surface area contributed by atoms with Crippen molar-refractivity contribution in [1.29, 1.82) is 0 Å². The lowest BCUT2D eigenvalue weighted by Gasteiger charge is -2.05. The van der Waals surface area contributed by atoms with Gasteiger partial charge in [-0.3, -0.25) is 0 Å². The molecule has 0 saturated carbocycles. The number of ether oxygens (including phenoxy) is 1. The topological polar surface area (TPSA) is 61.0 Å². The van der Waals surface area contributed by atoms with E-state index in [-0.39, 0.29) is 12.1 Å². The minimum absolute atomic E-state index is 0.209. The molecular formula is C8H9N3O. The van der Waals surface area contributed by atoms with Gasteiger partial charge in [0.1, 0.15) is 5.82 Å². The van der Waals surface area contributed by atoms with Gasteiger partial charge in [-0.15, -0.1) is 6.42 Å². The van der Waals surface area contributed by atoms with Crippen LogP contribution in [-0.2, 0) is 0 Å². The molecule has 12 heavy (non-hydrogen) atoms. The van der Waals surface area contributed by atoms with Gasteiger partial charge in [-0.25, -0.2) is 4.98 Å². The van der Waals surface area contributed by atoms with Crippen LogP contribution in [0.2, 0.25) is 0 Å². The summed E-state index contributed by atoms with van der Waals surface area (Å²) in [6.07, 6.45) is 6.27. The zero-order valence-electron chi connectivity index (χ0n) is 6.69. The van der Waals surface area contributed by atoms with E-state index >= 15 is 0 Å². The van der Waals surface area contributed by atoms with Gasteiger partial charge in [-0.05, 0) is 13.0 Å². The lowest BCUT2D eigenvalue weighted by atomic mass is 10.4. The first-order valence-corrected chi connectivity index (χ1v) is 3.43. The summed E-state index contributed by atoms with van der Waals surface area (Å²) >= 11 is 0. The Morgan fingerprint density at radius 2 is 2.50 bits per heavy atom. The predicted molar refractivity (Wildman–Crippen MR) is 45.4 cm³/mol. The van der Waals surface area contributed by atoms with Crippen LogP contribution < -0.4 is 10.5 Å². The Bertz CT molecular complexity index is 305. The molecule has 0 bridgehead atoms. The predicted octanol–water partition coefficient (Wildman–Crippen LogP) is 0.459. The molecule has 1 rings (SSSR count). The van der Waals surface area contributed by atoms with E-state index in [1.165, 1.54) is 6.20 Å². The zero-order chi connectivity index (χ0) is 8.97. The van der Waals surface area contributed by atoms with Crippen LogP contribution in [-0.4, -0.2) is 16.1 Å². The van der Waals surface area contributed by atoms with Crippen molar-refractivity contribution in [3.8, 4) is 18.4 Å². The van der Waals surface area contributed by atoms with Crippen LogP contribution in [0, 0.1) is 12.3 Å². The largest absolute Gasteiger partial charge is 0.447 e. The van der Waals surface area contributed by atoms with Crippen molar-refractivity contribution in [2.45, 2.75) is 13.0 Å². The third-order valence-corrected chi connectivity index (χ3v) is 1.17. The van der Waals surface area contributed by atoms with Crippen molar-refractivity contribution in [2.24, 2.45) is 0 Å². The van der Waals surface area contributed by atoms with Crippen molar-refractivity contribution in [3.63, 3.8) is 0 Å². The second kappa shape index (κ2) is 3.58.